The van der Waals surface area contributed by atoms with Crippen LogP contribution in [0.4, 0.5) is 0 Å². The average molecular weight is 210 g/mol. The van der Waals surface area contributed by atoms with Gasteiger partial charge in [-0.05, 0) is 0 Å². The van der Waals surface area contributed by atoms with Gasteiger partial charge in [-0.2, -0.15) is 72.8 Å². The molecule has 0 bridgehead atoms. The van der Waals surface area contributed by atoms with E-state index in [1.165, 1.54) is 0 Å². The Labute approximate surface area is 90.1 Å². The first-order chi connectivity index (χ1) is 6.00. The first kappa shape index (κ1) is 12.0. The maximum absolute atomic E-state index is 2.89. The van der Waals surface area contributed by atoms with Crippen molar-refractivity contribution in [3.63, 3.8) is 0 Å². The van der Waals surface area contributed by atoms with Gasteiger partial charge in [-0.15, -0.1) is 0 Å². The Kier molecular flexibility index (Phi) is 8.33. The molecule has 2 rings (SSSR count). The van der Waals surface area contributed by atoms with E-state index in [-0.39, 0.29) is 17.1 Å². The van der Waals surface area contributed by atoms with Crippen molar-refractivity contribution in [2.45, 2.75) is 0 Å². The molecule has 0 fully saturated rings. The van der Waals surface area contributed by atoms with Crippen molar-refractivity contribution in [3.05, 3.63) is 72.8 Å². The van der Waals surface area contributed by atoms with Gasteiger partial charge in [-0.3, -0.25) is 0 Å². The van der Waals surface area contributed by atoms with E-state index >= 15 is 0 Å². The molecule has 0 aliphatic heterocycles. The fourth-order valence-corrected chi connectivity index (χ4v) is 0.684. The Bertz CT molecular complexity index is 181. The largest absolute Gasteiger partial charge is 2.00 e. The second-order valence-electron chi connectivity index (χ2n) is 2.15. The van der Waals surface area contributed by atoms with E-state index in [0.717, 1.165) is 0 Å². The molecule has 0 saturated carbocycles. The van der Waals surface area contributed by atoms with Crippen molar-refractivity contribution in [2.75, 3.05) is 0 Å². The molecule has 0 aliphatic rings. The summed E-state index contributed by atoms with van der Waals surface area (Å²) in [7, 11) is 0. The van der Waals surface area contributed by atoms with Crippen LogP contribution in [0.15, 0.2) is 60.7 Å². The third-order valence-electron chi connectivity index (χ3n) is 1.21. The van der Waals surface area contributed by atoms with E-state index in [4.69, 9.17) is 0 Å². The van der Waals surface area contributed by atoms with Gasteiger partial charge < -0.3 is 0 Å². The molecule has 1 heteroatoms. The summed E-state index contributed by atoms with van der Waals surface area (Å²) in [4.78, 5) is 0. The zero-order chi connectivity index (χ0) is 8.49. The van der Waals surface area contributed by atoms with Crippen LogP contribution in [0.5, 0.6) is 0 Å². The van der Waals surface area contributed by atoms with Crippen LogP contribution in [0.3, 0.4) is 0 Å². The normalized spacial score (nSPS) is 7.38. The molecule has 0 saturated heterocycles. The number of hydrogen-bond donors (Lipinski definition) is 0. The molecular formula is C12H10Fe. The summed E-state index contributed by atoms with van der Waals surface area (Å²) >= 11 is 0. The van der Waals surface area contributed by atoms with Gasteiger partial charge >= 0.3 is 17.1 Å². The summed E-state index contributed by atoms with van der Waals surface area (Å²) in [6.45, 7) is 0. The number of benzene rings is 2. The van der Waals surface area contributed by atoms with Crippen molar-refractivity contribution < 1.29 is 17.1 Å². The van der Waals surface area contributed by atoms with Crippen LogP contribution in [0.2, 0.25) is 0 Å². The maximum Gasteiger partial charge on any atom is 2.00 e. The first-order valence-corrected chi connectivity index (χ1v) is 3.82. The Hall–Kier alpha value is -1.04. The fourth-order valence-electron chi connectivity index (χ4n) is 0.684. The molecule has 2 aromatic rings. The molecule has 0 atom stereocenters. The summed E-state index contributed by atoms with van der Waals surface area (Å²) in [5, 5.41) is 0. The minimum absolute atomic E-state index is 0. The van der Waals surface area contributed by atoms with Crippen LogP contribution in [0.1, 0.15) is 0 Å². The minimum atomic E-state index is 0. The van der Waals surface area contributed by atoms with Crippen LogP contribution < -0.4 is 0 Å². The Morgan fingerprint density at radius 1 is 0.462 bits per heavy atom. The maximum atomic E-state index is 2.89. The summed E-state index contributed by atoms with van der Waals surface area (Å²) in [5.74, 6) is 0. The number of hydrogen-bond acceptors (Lipinski definition) is 0. The summed E-state index contributed by atoms with van der Waals surface area (Å²) in [5.41, 5.74) is 0. The molecule has 0 spiro atoms. The Morgan fingerprint density at radius 2 is 0.769 bits per heavy atom. The Balaban J connectivity index is 0.000000206. The summed E-state index contributed by atoms with van der Waals surface area (Å²) in [6.07, 6.45) is 0. The van der Waals surface area contributed by atoms with Crippen molar-refractivity contribution in [3.8, 4) is 0 Å². The molecule has 0 heterocycles. The van der Waals surface area contributed by atoms with Crippen molar-refractivity contribution in [1.82, 2.24) is 0 Å². The zero-order valence-corrected chi connectivity index (χ0v) is 8.23. The van der Waals surface area contributed by atoms with Gasteiger partial charge in [0, 0.05) is 0 Å². The van der Waals surface area contributed by atoms with Gasteiger partial charge in [0.25, 0.3) is 0 Å². The third kappa shape index (κ3) is 7.32. The first-order valence-electron chi connectivity index (χ1n) is 3.82. The van der Waals surface area contributed by atoms with E-state index in [1.54, 1.807) is 0 Å². The van der Waals surface area contributed by atoms with Crippen molar-refractivity contribution >= 4 is 0 Å². The monoisotopic (exact) mass is 210 g/mol. The minimum Gasteiger partial charge on any atom is -0.184 e. The van der Waals surface area contributed by atoms with E-state index in [2.05, 4.69) is 12.1 Å². The molecule has 66 valence electrons. The zero-order valence-electron chi connectivity index (χ0n) is 7.13. The fraction of sp³-hybridized carbons (Fsp3) is 0. The van der Waals surface area contributed by atoms with Gasteiger partial charge in [0.05, 0.1) is 0 Å². The van der Waals surface area contributed by atoms with Crippen LogP contribution in [-0.2, 0) is 17.1 Å². The molecule has 0 aliphatic carbocycles. The van der Waals surface area contributed by atoms with E-state index in [0.29, 0.717) is 0 Å². The van der Waals surface area contributed by atoms with Gasteiger partial charge in [0.2, 0.25) is 0 Å². The molecule has 0 amide bonds. The molecule has 0 N–H and O–H groups in total. The van der Waals surface area contributed by atoms with Crippen LogP contribution >= 0.6 is 0 Å². The van der Waals surface area contributed by atoms with Gasteiger partial charge in [0.15, 0.2) is 0 Å². The Morgan fingerprint density at radius 3 is 0.846 bits per heavy atom. The van der Waals surface area contributed by atoms with Crippen LogP contribution in [0, 0.1) is 12.1 Å². The molecule has 0 aromatic heterocycles. The molecule has 0 unspecified atom stereocenters. The molecule has 0 radical (unpaired) electrons. The summed E-state index contributed by atoms with van der Waals surface area (Å²) in [6, 6.07) is 25.0. The van der Waals surface area contributed by atoms with Gasteiger partial charge in [-0.25, -0.2) is 0 Å². The molecule has 0 nitrogen and oxygen atoms in total. The quantitative estimate of drug-likeness (QED) is 0.463. The average Bonchev–Trinajstić information content (AvgIpc) is 2.24. The SMILES string of the molecule is [Fe+2].[c-]1ccccc1.[c-]1ccccc1. The van der Waals surface area contributed by atoms with E-state index in [9.17, 15) is 0 Å². The molecular weight excluding hydrogens is 200 g/mol. The predicted molar refractivity (Wildman–Crippen MR) is 50.6 cm³/mol. The second kappa shape index (κ2) is 9.05. The summed E-state index contributed by atoms with van der Waals surface area (Å²) < 4.78 is 0. The molecule has 2 aromatic carbocycles. The standard InChI is InChI=1S/2C6H5.Fe/c2*1-2-4-6-5-3-1;/h2*1-5H;/q2*-1;+2. The molecule has 13 heavy (non-hydrogen) atoms. The second-order valence-corrected chi connectivity index (χ2v) is 2.15. The number of rotatable bonds is 0. The third-order valence-corrected chi connectivity index (χ3v) is 1.21. The van der Waals surface area contributed by atoms with E-state index in [1.807, 2.05) is 60.7 Å². The van der Waals surface area contributed by atoms with Crippen molar-refractivity contribution in [2.24, 2.45) is 0 Å². The van der Waals surface area contributed by atoms with Gasteiger partial charge in [-0.1, -0.05) is 0 Å². The van der Waals surface area contributed by atoms with Crippen LogP contribution in [0.25, 0.3) is 0 Å². The van der Waals surface area contributed by atoms with Gasteiger partial charge in [0.1, 0.15) is 0 Å². The van der Waals surface area contributed by atoms with Crippen molar-refractivity contribution in [1.29, 1.82) is 0 Å². The topological polar surface area (TPSA) is 0 Å². The smallest absolute Gasteiger partial charge is 0.184 e. The predicted octanol–water partition coefficient (Wildman–Crippen LogP) is 2.97. The van der Waals surface area contributed by atoms with E-state index < -0.39 is 0 Å². The van der Waals surface area contributed by atoms with Crippen LogP contribution in [-0.4, -0.2) is 0 Å².